The zero-order chi connectivity index (χ0) is 14.8. The van der Waals surface area contributed by atoms with Crippen LogP contribution in [0.4, 0.5) is 18.9 Å². The van der Waals surface area contributed by atoms with Gasteiger partial charge in [-0.2, -0.15) is 13.2 Å². The second-order valence-electron chi connectivity index (χ2n) is 5.73. The number of benzene rings is 1. The summed E-state index contributed by atoms with van der Waals surface area (Å²) in [4.78, 5) is 0. The van der Waals surface area contributed by atoms with Crippen LogP contribution in [0.5, 0.6) is 0 Å². The minimum absolute atomic E-state index is 0.111. The zero-order valence-corrected chi connectivity index (χ0v) is 12.2. The summed E-state index contributed by atoms with van der Waals surface area (Å²) in [5.74, 6) is 1.31. The van der Waals surface area contributed by atoms with Gasteiger partial charge in [0.1, 0.15) is 0 Å². The lowest BCUT2D eigenvalue weighted by molar-refractivity contribution is -0.137. The Morgan fingerprint density at radius 1 is 1.15 bits per heavy atom. The van der Waals surface area contributed by atoms with Crippen LogP contribution < -0.4 is 5.32 Å². The topological polar surface area (TPSA) is 12.0 Å². The molecule has 1 aromatic carbocycles. The fourth-order valence-electron chi connectivity index (χ4n) is 2.65. The highest BCUT2D eigenvalue weighted by atomic mass is 35.5. The van der Waals surface area contributed by atoms with E-state index in [2.05, 4.69) is 12.2 Å². The normalized spacial score (nSPS) is 23.6. The molecule has 1 aliphatic rings. The molecule has 0 spiro atoms. The van der Waals surface area contributed by atoms with Crippen LogP contribution in [0.1, 0.15) is 38.2 Å². The quantitative estimate of drug-likeness (QED) is 0.766. The lowest BCUT2D eigenvalue weighted by atomic mass is 9.83. The lowest BCUT2D eigenvalue weighted by Crippen LogP contribution is -2.20. The van der Waals surface area contributed by atoms with Gasteiger partial charge in [-0.15, -0.1) is 0 Å². The van der Waals surface area contributed by atoms with Crippen molar-refractivity contribution in [2.45, 2.75) is 38.8 Å². The Bertz CT molecular complexity index is 451. The Balaban J connectivity index is 1.97. The van der Waals surface area contributed by atoms with E-state index in [-0.39, 0.29) is 5.02 Å². The van der Waals surface area contributed by atoms with Crippen LogP contribution in [0.25, 0.3) is 0 Å². The van der Waals surface area contributed by atoms with E-state index >= 15 is 0 Å². The zero-order valence-electron chi connectivity index (χ0n) is 11.4. The van der Waals surface area contributed by atoms with Crippen molar-refractivity contribution >= 4 is 17.3 Å². The van der Waals surface area contributed by atoms with Crippen LogP contribution in [0.2, 0.25) is 5.02 Å². The van der Waals surface area contributed by atoms with Gasteiger partial charge in [-0.1, -0.05) is 31.4 Å². The van der Waals surface area contributed by atoms with Gasteiger partial charge >= 0.3 is 6.18 Å². The molecule has 0 heterocycles. The van der Waals surface area contributed by atoms with Gasteiger partial charge in [-0.05, 0) is 42.9 Å². The van der Waals surface area contributed by atoms with Gasteiger partial charge in [0.15, 0.2) is 0 Å². The smallest absolute Gasteiger partial charge is 0.385 e. The number of nitrogens with one attached hydrogen (secondary N) is 1. The number of rotatable bonds is 3. The number of halogens is 4. The Labute approximate surface area is 122 Å². The average Bonchev–Trinajstić information content (AvgIpc) is 2.36. The number of alkyl halides is 3. The van der Waals surface area contributed by atoms with Crippen LogP contribution in [0, 0.1) is 11.8 Å². The molecule has 1 fully saturated rings. The maximum Gasteiger partial charge on any atom is 0.416 e. The summed E-state index contributed by atoms with van der Waals surface area (Å²) in [5, 5.41) is 3.21. The molecule has 0 atom stereocenters. The van der Waals surface area contributed by atoms with Crippen LogP contribution in [-0.2, 0) is 6.18 Å². The van der Waals surface area contributed by atoms with E-state index in [4.69, 9.17) is 11.6 Å². The fraction of sp³-hybridized carbons (Fsp3) is 0.600. The van der Waals surface area contributed by atoms with Gasteiger partial charge in [0, 0.05) is 17.3 Å². The van der Waals surface area contributed by atoms with Crippen LogP contribution in [0.15, 0.2) is 18.2 Å². The van der Waals surface area contributed by atoms with Gasteiger partial charge in [-0.3, -0.25) is 0 Å². The van der Waals surface area contributed by atoms with E-state index in [0.717, 1.165) is 30.9 Å². The van der Waals surface area contributed by atoms with Crippen molar-refractivity contribution in [1.82, 2.24) is 0 Å². The molecule has 2 rings (SSSR count). The number of anilines is 1. The van der Waals surface area contributed by atoms with E-state index in [1.807, 2.05) is 0 Å². The molecule has 1 aliphatic carbocycles. The van der Waals surface area contributed by atoms with Gasteiger partial charge in [0.05, 0.1) is 5.56 Å². The van der Waals surface area contributed by atoms with Crippen LogP contribution >= 0.6 is 11.6 Å². The van der Waals surface area contributed by atoms with Crippen LogP contribution in [0.3, 0.4) is 0 Å². The van der Waals surface area contributed by atoms with Crippen molar-refractivity contribution in [2.24, 2.45) is 11.8 Å². The number of hydrogen-bond donors (Lipinski definition) is 1. The monoisotopic (exact) mass is 305 g/mol. The van der Waals surface area contributed by atoms with Crippen molar-refractivity contribution in [2.75, 3.05) is 11.9 Å². The second-order valence-corrected chi connectivity index (χ2v) is 6.17. The molecule has 1 aromatic rings. The fourth-order valence-corrected chi connectivity index (χ4v) is 2.89. The maximum absolute atomic E-state index is 12.7. The SMILES string of the molecule is CC1CCC(CNc2cc(Cl)cc(C(F)(F)F)c2)CC1. The largest absolute Gasteiger partial charge is 0.416 e. The lowest BCUT2D eigenvalue weighted by Gasteiger charge is -2.26. The van der Waals surface area contributed by atoms with Crippen LogP contribution in [-0.4, -0.2) is 6.54 Å². The molecule has 1 N–H and O–H groups in total. The maximum atomic E-state index is 12.7. The third-order valence-electron chi connectivity index (χ3n) is 3.96. The van der Waals surface area contributed by atoms with Crippen molar-refractivity contribution in [3.63, 3.8) is 0 Å². The molecule has 112 valence electrons. The summed E-state index contributed by atoms with van der Waals surface area (Å²) < 4.78 is 38.1. The van der Waals surface area contributed by atoms with Crippen molar-refractivity contribution < 1.29 is 13.2 Å². The average molecular weight is 306 g/mol. The standard InChI is InChI=1S/C15H19ClF3N/c1-10-2-4-11(5-3-10)9-20-14-7-12(15(17,18)19)6-13(16)8-14/h6-8,10-11,20H,2-5,9H2,1H3. The van der Waals surface area contributed by atoms with Crippen molar-refractivity contribution in [1.29, 1.82) is 0 Å². The summed E-state index contributed by atoms with van der Waals surface area (Å²) >= 11 is 5.76. The molecule has 0 amide bonds. The van der Waals surface area contributed by atoms with E-state index in [1.54, 1.807) is 6.07 Å². The first kappa shape index (κ1) is 15.5. The van der Waals surface area contributed by atoms with Crippen molar-refractivity contribution in [3.8, 4) is 0 Å². The summed E-state index contributed by atoms with van der Waals surface area (Å²) in [5.41, 5.74) is -0.256. The Hall–Kier alpha value is -0.900. The third kappa shape index (κ3) is 4.30. The molecule has 1 nitrogen and oxygen atoms in total. The van der Waals surface area contributed by atoms with E-state index in [9.17, 15) is 13.2 Å². The molecule has 20 heavy (non-hydrogen) atoms. The summed E-state index contributed by atoms with van der Waals surface area (Å²) in [7, 11) is 0. The Kier molecular flexibility index (Phi) is 4.84. The number of hydrogen-bond acceptors (Lipinski definition) is 1. The highest BCUT2D eigenvalue weighted by Crippen LogP contribution is 2.34. The van der Waals surface area contributed by atoms with Crippen molar-refractivity contribution in [3.05, 3.63) is 28.8 Å². The molecule has 1 saturated carbocycles. The molecule has 0 aromatic heterocycles. The van der Waals surface area contributed by atoms with E-state index in [0.29, 0.717) is 18.2 Å². The molecule has 0 radical (unpaired) electrons. The van der Waals surface area contributed by atoms with Gasteiger partial charge < -0.3 is 5.32 Å². The molecule has 0 bridgehead atoms. The summed E-state index contributed by atoms with van der Waals surface area (Å²) in [6.07, 6.45) is 0.328. The molecular weight excluding hydrogens is 287 g/mol. The molecule has 0 aliphatic heterocycles. The predicted octanol–water partition coefficient (Wildman–Crippen LogP) is 5.60. The van der Waals surface area contributed by atoms with Gasteiger partial charge in [0.25, 0.3) is 0 Å². The molecule has 0 unspecified atom stereocenters. The minimum Gasteiger partial charge on any atom is -0.385 e. The minimum atomic E-state index is -4.36. The first-order valence-corrected chi connectivity index (χ1v) is 7.34. The highest BCUT2D eigenvalue weighted by molar-refractivity contribution is 6.30. The Morgan fingerprint density at radius 3 is 2.40 bits per heavy atom. The molecule has 0 saturated heterocycles. The molecule has 5 heteroatoms. The highest BCUT2D eigenvalue weighted by Gasteiger charge is 2.31. The Morgan fingerprint density at radius 2 is 1.80 bits per heavy atom. The predicted molar refractivity (Wildman–Crippen MR) is 76.1 cm³/mol. The van der Waals surface area contributed by atoms with Gasteiger partial charge in [-0.25, -0.2) is 0 Å². The third-order valence-corrected chi connectivity index (χ3v) is 4.17. The van der Waals surface area contributed by atoms with E-state index < -0.39 is 11.7 Å². The summed E-state index contributed by atoms with van der Waals surface area (Å²) in [6, 6.07) is 3.62. The summed E-state index contributed by atoms with van der Waals surface area (Å²) in [6.45, 7) is 2.96. The van der Waals surface area contributed by atoms with Gasteiger partial charge in [0.2, 0.25) is 0 Å². The first-order valence-electron chi connectivity index (χ1n) is 6.96. The first-order chi connectivity index (χ1) is 9.34. The van der Waals surface area contributed by atoms with E-state index in [1.165, 1.54) is 12.8 Å². The molecular formula is C15H19ClF3N. The second kappa shape index (κ2) is 6.25.